The molecule has 1 atom stereocenters. The zero-order chi connectivity index (χ0) is 6.57. The Hall–Kier alpha value is -0.180. The molecule has 0 heterocycles. The Morgan fingerprint density at radius 3 is 2.50 bits per heavy atom. The number of hydrogen-bond acceptors (Lipinski definition) is 1. The summed E-state index contributed by atoms with van der Waals surface area (Å²) in [6.45, 7) is 4.21. The molecule has 0 aromatic heterocycles. The van der Waals surface area contributed by atoms with Gasteiger partial charge in [-0.2, -0.15) is 0 Å². The van der Waals surface area contributed by atoms with Gasteiger partial charge in [-0.1, -0.05) is 13.8 Å². The molecule has 8 heavy (non-hydrogen) atoms. The third kappa shape index (κ3) is 3.99. The fourth-order valence-corrected chi connectivity index (χ4v) is 0.947. The van der Waals surface area contributed by atoms with Gasteiger partial charge in [-0.15, -0.1) is 0 Å². The van der Waals surface area contributed by atoms with Crippen molar-refractivity contribution in [3.8, 4) is 0 Å². The lowest BCUT2D eigenvalue weighted by Crippen LogP contribution is -2.44. The van der Waals surface area contributed by atoms with Crippen LogP contribution in [0.2, 0.25) is 0 Å². The Kier molecular flexibility index (Phi) is 3.69. The van der Waals surface area contributed by atoms with E-state index in [9.17, 15) is 0 Å². The van der Waals surface area contributed by atoms with Gasteiger partial charge in [0, 0.05) is 5.25 Å². The van der Waals surface area contributed by atoms with Gasteiger partial charge in [0.15, 0.2) is 0 Å². The molecule has 0 bridgehead atoms. The molecule has 0 aliphatic heterocycles. The molecular weight excluding hydrogens is 120 g/mol. The van der Waals surface area contributed by atoms with Crippen LogP contribution in [-0.2, 0) is 0 Å². The van der Waals surface area contributed by atoms with E-state index in [2.05, 4.69) is 13.8 Å². The second-order valence-electron chi connectivity index (χ2n) is 1.74. The summed E-state index contributed by atoms with van der Waals surface area (Å²) in [6, 6.07) is 0. The van der Waals surface area contributed by atoms with Crippen LogP contribution < -0.4 is 11.1 Å². The van der Waals surface area contributed by atoms with Gasteiger partial charge in [-0.05, 0) is 18.2 Å². The molecule has 0 saturated heterocycles. The number of nitrogens with two attached hydrogens (primary N) is 2. The molecule has 0 aromatic carbocycles. The summed E-state index contributed by atoms with van der Waals surface area (Å²) in [6.07, 6.45) is 1.11. The minimum Gasteiger partial charge on any atom is -0.282 e. The number of rotatable bonds is 2. The van der Waals surface area contributed by atoms with Gasteiger partial charge in [0.05, 0.1) is 0 Å². The number of thioether (sulfide) groups is 1. The van der Waals surface area contributed by atoms with Crippen LogP contribution >= 0.6 is 11.8 Å². The smallest absolute Gasteiger partial charge is 0.282 e. The SMILES string of the molecule is CCC(C)SC(N)=[NH2+]. The van der Waals surface area contributed by atoms with E-state index >= 15 is 0 Å². The van der Waals surface area contributed by atoms with Gasteiger partial charge in [0.25, 0.3) is 5.17 Å². The van der Waals surface area contributed by atoms with Crippen LogP contribution in [0.1, 0.15) is 20.3 Å². The van der Waals surface area contributed by atoms with Crippen LogP contribution in [0.5, 0.6) is 0 Å². The van der Waals surface area contributed by atoms with Crippen LogP contribution in [0.25, 0.3) is 0 Å². The maximum atomic E-state index is 5.23. The van der Waals surface area contributed by atoms with Gasteiger partial charge >= 0.3 is 0 Å². The van der Waals surface area contributed by atoms with E-state index in [-0.39, 0.29) is 0 Å². The summed E-state index contributed by atoms with van der Waals surface area (Å²) in [7, 11) is 0. The third-order valence-electron chi connectivity index (χ3n) is 0.912. The quantitative estimate of drug-likeness (QED) is 0.397. The lowest BCUT2D eigenvalue weighted by molar-refractivity contribution is -0.110. The summed E-state index contributed by atoms with van der Waals surface area (Å²) in [4.78, 5) is 0. The topological polar surface area (TPSA) is 51.6 Å². The molecule has 2 nitrogen and oxygen atoms in total. The molecule has 0 rings (SSSR count). The second kappa shape index (κ2) is 3.78. The Labute approximate surface area is 54.3 Å². The molecule has 1 unspecified atom stereocenters. The van der Waals surface area contributed by atoms with Crippen LogP contribution in [0.4, 0.5) is 0 Å². The molecule has 0 saturated carbocycles. The lowest BCUT2D eigenvalue weighted by atomic mass is 10.4. The molecule has 48 valence electrons. The summed E-state index contributed by atoms with van der Waals surface area (Å²) in [5, 5.41) is 6.25. The van der Waals surface area contributed by atoms with Gasteiger partial charge in [-0.3, -0.25) is 11.1 Å². The van der Waals surface area contributed by atoms with E-state index in [4.69, 9.17) is 11.1 Å². The zero-order valence-electron chi connectivity index (χ0n) is 5.35. The Morgan fingerprint density at radius 2 is 2.38 bits per heavy atom. The van der Waals surface area contributed by atoms with Gasteiger partial charge in [0.1, 0.15) is 0 Å². The predicted molar refractivity (Wildman–Crippen MR) is 38.5 cm³/mol. The first-order valence-corrected chi connectivity index (χ1v) is 3.59. The zero-order valence-corrected chi connectivity index (χ0v) is 6.16. The van der Waals surface area contributed by atoms with E-state index in [1.807, 2.05) is 0 Å². The van der Waals surface area contributed by atoms with Crippen LogP contribution in [0.3, 0.4) is 0 Å². The van der Waals surface area contributed by atoms with Crippen molar-refractivity contribution in [3.63, 3.8) is 0 Å². The van der Waals surface area contributed by atoms with Crippen molar-refractivity contribution in [1.82, 2.24) is 0 Å². The summed E-state index contributed by atoms with van der Waals surface area (Å²) in [5.74, 6) is 0. The molecule has 0 amide bonds. The van der Waals surface area contributed by atoms with Crippen LogP contribution in [0.15, 0.2) is 0 Å². The summed E-state index contributed by atoms with van der Waals surface area (Å²) in [5.41, 5.74) is 5.23. The van der Waals surface area contributed by atoms with E-state index in [1.165, 1.54) is 11.8 Å². The summed E-state index contributed by atoms with van der Waals surface area (Å²) >= 11 is 1.53. The van der Waals surface area contributed by atoms with Crippen LogP contribution in [0, 0.1) is 0 Å². The minimum absolute atomic E-state index is 0.472. The third-order valence-corrected chi connectivity index (χ3v) is 1.92. The normalized spacial score (nSPS) is 13.2. The average molecular weight is 133 g/mol. The van der Waals surface area contributed by atoms with Crippen molar-refractivity contribution in [1.29, 1.82) is 0 Å². The fraction of sp³-hybridized carbons (Fsp3) is 0.800. The molecule has 0 fully saturated rings. The Bertz CT molecular complexity index is 82.5. The summed E-state index contributed by atoms with van der Waals surface area (Å²) < 4.78 is 0. The maximum absolute atomic E-state index is 5.23. The molecule has 0 aromatic rings. The number of hydrogen-bond donors (Lipinski definition) is 2. The molecule has 0 spiro atoms. The first-order chi connectivity index (χ1) is 3.66. The molecule has 0 aliphatic carbocycles. The minimum atomic E-state index is 0.472. The van der Waals surface area contributed by atoms with Crippen molar-refractivity contribution in [2.45, 2.75) is 25.5 Å². The molecule has 0 radical (unpaired) electrons. The lowest BCUT2D eigenvalue weighted by Gasteiger charge is -1.99. The van der Waals surface area contributed by atoms with Gasteiger partial charge in [-0.25, -0.2) is 0 Å². The monoisotopic (exact) mass is 133 g/mol. The van der Waals surface area contributed by atoms with Crippen molar-refractivity contribution in [3.05, 3.63) is 0 Å². The first kappa shape index (κ1) is 7.82. The molecular formula is C5H13N2S+. The van der Waals surface area contributed by atoms with Gasteiger partial charge < -0.3 is 0 Å². The highest BCUT2D eigenvalue weighted by molar-refractivity contribution is 8.14. The van der Waals surface area contributed by atoms with E-state index in [0.29, 0.717) is 10.4 Å². The highest BCUT2D eigenvalue weighted by Gasteiger charge is 2.02. The Balaban J connectivity index is 3.24. The highest BCUT2D eigenvalue weighted by Crippen LogP contribution is 2.09. The largest absolute Gasteiger partial charge is 0.300 e. The standard InChI is InChI=1S/C5H12N2S/c1-3-4(2)8-5(6)7/h4H,3H2,1-2H3,(H3,6,7)/p+1. The van der Waals surface area contributed by atoms with E-state index in [0.717, 1.165) is 6.42 Å². The average Bonchev–Trinajstić information content (AvgIpc) is 1.65. The van der Waals surface area contributed by atoms with Crippen molar-refractivity contribution in [2.75, 3.05) is 0 Å². The van der Waals surface area contributed by atoms with E-state index < -0.39 is 0 Å². The van der Waals surface area contributed by atoms with Crippen molar-refractivity contribution < 1.29 is 5.41 Å². The van der Waals surface area contributed by atoms with Crippen LogP contribution in [-0.4, -0.2) is 10.4 Å². The maximum Gasteiger partial charge on any atom is 0.300 e. The van der Waals surface area contributed by atoms with Gasteiger partial charge in [0.2, 0.25) is 0 Å². The first-order valence-electron chi connectivity index (χ1n) is 2.71. The predicted octanol–water partition coefficient (Wildman–Crippen LogP) is -0.408. The highest BCUT2D eigenvalue weighted by atomic mass is 32.2. The molecule has 3 heteroatoms. The van der Waals surface area contributed by atoms with E-state index in [1.54, 1.807) is 0 Å². The Morgan fingerprint density at radius 1 is 1.88 bits per heavy atom. The fourth-order valence-electron chi connectivity index (χ4n) is 0.316. The second-order valence-corrected chi connectivity index (χ2v) is 3.25. The van der Waals surface area contributed by atoms with Crippen molar-refractivity contribution in [2.24, 2.45) is 5.73 Å². The molecule has 4 N–H and O–H groups in total. The molecule has 0 aliphatic rings. The van der Waals surface area contributed by atoms with Crippen molar-refractivity contribution >= 4 is 16.9 Å². The number of amidine groups is 1.